The maximum Gasteiger partial charge on any atom is 0.239 e. The van der Waals surface area contributed by atoms with Gasteiger partial charge in [-0.15, -0.1) is 0 Å². The lowest BCUT2D eigenvalue weighted by molar-refractivity contribution is -0.120. The van der Waals surface area contributed by atoms with Crippen molar-refractivity contribution in [1.29, 1.82) is 0 Å². The van der Waals surface area contributed by atoms with Crippen molar-refractivity contribution in [2.24, 2.45) is 0 Å². The Morgan fingerprint density at radius 1 is 1.30 bits per heavy atom. The largest absolute Gasteiger partial charge is 0.493 e. The van der Waals surface area contributed by atoms with Crippen LogP contribution in [-0.4, -0.2) is 19.1 Å². The molecule has 0 saturated carbocycles. The molecule has 1 atom stereocenters. The van der Waals surface area contributed by atoms with Gasteiger partial charge in [-0.2, -0.15) is 0 Å². The van der Waals surface area contributed by atoms with E-state index in [4.69, 9.17) is 16.3 Å². The third-order valence-corrected chi connectivity index (χ3v) is 4.17. The average Bonchev–Trinajstić information content (AvgIpc) is 2.56. The van der Waals surface area contributed by atoms with E-state index in [1.165, 1.54) is 0 Å². The highest BCUT2D eigenvalue weighted by molar-refractivity contribution is 6.30. The molecule has 0 aromatic heterocycles. The van der Waals surface area contributed by atoms with Crippen LogP contribution >= 0.6 is 11.6 Å². The number of fused-ring (bicyclic) bond motifs is 1. The molecular formula is C18H19ClN2O2. The molecule has 2 N–H and O–H groups in total. The van der Waals surface area contributed by atoms with E-state index in [0.29, 0.717) is 11.6 Å². The van der Waals surface area contributed by atoms with Crippen LogP contribution in [0.2, 0.25) is 5.02 Å². The SMILES string of the molecule is Cc1ccc(Cl)cc1NCC(=O)NC1CCOc2ccccc21. The number of hydrogen-bond donors (Lipinski definition) is 2. The fourth-order valence-electron chi connectivity index (χ4n) is 2.70. The second kappa shape index (κ2) is 6.92. The van der Waals surface area contributed by atoms with Crippen molar-refractivity contribution in [1.82, 2.24) is 5.32 Å². The van der Waals surface area contributed by atoms with Crippen molar-refractivity contribution in [3.05, 3.63) is 58.6 Å². The number of carbonyl (C=O) groups excluding carboxylic acids is 1. The van der Waals surface area contributed by atoms with Crippen molar-refractivity contribution in [2.75, 3.05) is 18.5 Å². The van der Waals surface area contributed by atoms with Crippen LogP contribution in [0.1, 0.15) is 23.6 Å². The predicted octanol–water partition coefficient (Wildman–Crippen LogP) is 3.70. The zero-order valence-electron chi connectivity index (χ0n) is 12.9. The first-order valence-electron chi connectivity index (χ1n) is 7.64. The van der Waals surface area contributed by atoms with Gasteiger partial charge in [0.1, 0.15) is 5.75 Å². The second-order valence-corrected chi connectivity index (χ2v) is 6.04. The van der Waals surface area contributed by atoms with Gasteiger partial charge in [0.15, 0.2) is 0 Å². The number of nitrogens with one attached hydrogen (secondary N) is 2. The first-order valence-corrected chi connectivity index (χ1v) is 8.02. The number of benzene rings is 2. The summed E-state index contributed by atoms with van der Waals surface area (Å²) < 4.78 is 5.61. The highest BCUT2D eigenvalue weighted by Gasteiger charge is 2.22. The fourth-order valence-corrected chi connectivity index (χ4v) is 2.87. The summed E-state index contributed by atoms with van der Waals surface area (Å²) >= 11 is 5.99. The Hall–Kier alpha value is -2.20. The van der Waals surface area contributed by atoms with E-state index in [2.05, 4.69) is 10.6 Å². The number of para-hydroxylation sites is 1. The Morgan fingerprint density at radius 2 is 2.13 bits per heavy atom. The van der Waals surface area contributed by atoms with E-state index < -0.39 is 0 Å². The monoisotopic (exact) mass is 330 g/mol. The summed E-state index contributed by atoms with van der Waals surface area (Å²) in [7, 11) is 0. The molecule has 0 radical (unpaired) electrons. The van der Waals surface area contributed by atoms with E-state index in [1.54, 1.807) is 0 Å². The number of carbonyl (C=O) groups is 1. The van der Waals surface area contributed by atoms with Crippen LogP contribution in [0.4, 0.5) is 5.69 Å². The summed E-state index contributed by atoms with van der Waals surface area (Å²) in [4.78, 5) is 12.2. The third-order valence-electron chi connectivity index (χ3n) is 3.93. The number of aryl methyl sites for hydroxylation is 1. The van der Waals surface area contributed by atoms with Crippen LogP contribution < -0.4 is 15.4 Å². The molecule has 1 amide bonds. The van der Waals surface area contributed by atoms with Crippen LogP contribution in [0.25, 0.3) is 0 Å². The van der Waals surface area contributed by atoms with Gasteiger partial charge in [-0.1, -0.05) is 35.9 Å². The highest BCUT2D eigenvalue weighted by atomic mass is 35.5. The Bertz CT molecular complexity index is 718. The highest BCUT2D eigenvalue weighted by Crippen LogP contribution is 2.31. The van der Waals surface area contributed by atoms with Crippen LogP contribution in [0.5, 0.6) is 5.75 Å². The molecule has 0 bridgehead atoms. The lowest BCUT2D eigenvalue weighted by Crippen LogP contribution is -2.35. The fraction of sp³-hybridized carbons (Fsp3) is 0.278. The van der Waals surface area contributed by atoms with Gasteiger partial charge in [-0.05, 0) is 30.7 Å². The molecule has 1 heterocycles. The molecule has 3 rings (SSSR count). The van der Waals surface area contributed by atoms with Gasteiger partial charge < -0.3 is 15.4 Å². The lowest BCUT2D eigenvalue weighted by atomic mass is 10.0. The standard InChI is InChI=1S/C18H19ClN2O2/c1-12-6-7-13(19)10-16(12)20-11-18(22)21-15-8-9-23-17-5-3-2-4-14(15)17/h2-7,10,15,20H,8-9,11H2,1H3,(H,21,22). The predicted molar refractivity (Wildman–Crippen MR) is 92.1 cm³/mol. The Balaban J connectivity index is 1.61. The van der Waals surface area contributed by atoms with Gasteiger partial charge in [0.2, 0.25) is 5.91 Å². The molecule has 0 fully saturated rings. The van der Waals surface area contributed by atoms with Gasteiger partial charge in [0.25, 0.3) is 0 Å². The van der Waals surface area contributed by atoms with Gasteiger partial charge in [-0.25, -0.2) is 0 Å². The molecule has 2 aromatic rings. The van der Waals surface area contributed by atoms with E-state index in [1.807, 2.05) is 49.4 Å². The molecule has 0 spiro atoms. The number of anilines is 1. The molecule has 0 saturated heterocycles. The zero-order valence-corrected chi connectivity index (χ0v) is 13.7. The van der Waals surface area contributed by atoms with E-state index in [9.17, 15) is 4.79 Å². The van der Waals surface area contributed by atoms with Crippen LogP contribution in [0.15, 0.2) is 42.5 Å². The number of amides is 1. The van der Waals surface area contributed by atoms with Gasteiger partial charge in [-0.3, -0.25) is 4.79 Å². The molecule has 5 heteroatoms. The molecular weight excluding hydrogens is 312 g/mol. The van der Waals surface area contributed by atoms with Crippen LogP contribution in [0, 0.1) is 6.92 Å². The molecule has 120 valence electrons. The van der Waals surface area contributed by atoms with E-state index in [0.717, 1.165) is 29.0 Å². The summed E-state index contributed by atoms with van der Waals surface area (Å²) in [6.07, 6.45) is 0.777. The van der Waals surface area contributed by atoms with Crippen molar-refractivity contribution < 1.29 is 9.53 Å². The van der Waals surface area contributed by atoms with Crippen LogP contribution in [0.3, 0.4) is 0 Å². The molecule has 1 aliphatic rings. The minimum Gasteiger partial charge on any atom is -0.493 e. The second-order valence-electron chi connectivity index (χ2n) is 5.61. The summed E-state index contributed by atoms with van der Waals surface area (Å²) in [6.45, 7) is 2.80. The number of rotatable bonds is 4. The Morgan fingerprint density at radius 3 is 3.00 bits per heavy atom. The van der Waals surface area contributed by atoms with Crippen molar-refractivity contribution >= 4 is 23.2 Å². The number of halogens is 1. The maximum absolute atomic E-state index is 12.2. The van der Waals surface area contributed by atoms with Gasteiger partial charge >= 0.3 is 0 Å². The average molecular weight is 331 g/mol. The summed E-state index contributed by atoms with van der Waals surface area (Å²) in [5, 5.41) is 6.85. The van der Waals surface area contributed by atoms with Gasteiger partial charge in [0, 0.05) is 22.7 Å². The maximum atomic E-state index is 12.2. The van der Waals surface area contributed by atoms with Crippen LogP contribution in [-0.2, 0) is 4.79 Å². The minimum absolute atomic E-state index is 0.00490. The zero-order chi connectivity index (χ0) is 16.2. The lowest BCUT2D eigenvalue weighted by Gasteiger charge is -2.26. The summed E-state index contributed by atoms with van der Waals surface area (Å²) in [6, 6.07) is 13.4. The molecule has 2 aromatic carbocycles. The minimum atomic E-state index is -0.0499. The van der Waals surface area contributed by atoms with E-state index >= 15 is 0 Å². The first kappa shape index (κ1) is 15.7. The topological polar surface area (TPSA) is 50.4 Å². The normalized spacial score (nSPS) is 16.2. The van der Waals surface area contributed by atoms with Crippen molar-refractivity contribution in [2.45, 2.75) is 19.4 Å². The Labute approximate surface area is 140 Å². The summed E-state index contributed by atoms with van der Waals surface area (Å²) in [5.41, 5.74) is 2.96. The molecule has 0 aliphatic carbocycles. The van der Waals surface area contributed by atoms with Crippen molar-refractivity contribution in [3.63, 3.8) is 0 Å². The Kier molecular flexibility index (Phi) is 4.72. The molecule has 1 aliphatic heterocycles. The third kappa shape index (κ3) is 3.77. The molecule has 4 nitrogen and oxygen atoms in total. The quantitative estimate of drug-likeness (QED) is 0.898. The van der Waals surface area contributed by atoms with E-state index in [-0.39, 0.29) is 18.5 Å². The molecule has 23 heavy (non-hydrogen) atoms. The number of ether oxygens (including phenoxy) is 1. The van der Waals surface area contributed by atoms with Gasteiger partial charge in [0.05, 0.1) is 19.2 Å². The van der Waals surface area contributed by atoms with Crippen molar-refractivity contribution in [3.8, 4) is 5.75 Å². The summed E-state index contributed by atoms with van der Waals surface area (Å²) in [5.74, 6) is 0.800. The number of hydrogen-bond acceptors (Lipinski definition) is 3. The first-order chi connectivity index (χ1) is 11.1. The smallest absolute Gasteiger partial charge is 0.239 e. The molecule has 1 unspecified atom stereocenters.